The minimum atomic E-state index is -1.18. The molecule has 1 aromatic rings. The molecule has 2 rings (SSSR count). The molecule has 124 valence electrons. The maximum Gasteiger partial charge on any atom is 0.328 e. The summed E-state index contributed by atoms with van der Waals surface area (Å²) in [5.74, 6) is -0.765. The van der Waals surface area contributed by atoms with E-state index in [9.17, 15) is 9.59 Å². The van der Waals surface area contributed by atoms with Crippen molar-refractivity contribution in [2.24, 2.45) is 0 Å². The van der Waals surface area contributed by atoms with Crippen molar-refractivity contribution in [3.8, 4) is 11.5 Å². The Hall–Kier alpha value is -2.06. The third-order valence-corrected chi connectivity index (χ3v) is 3.57. The van der Waals surface area contributed by atoms with E-state index in [4.69, 9.17) is 19.3 Å². The number of nitrogens with one attached hydrogen (secondary N) is 1. The molecule has 0 fully saturated rings. The van der Waals surface area contributed by atoms with Crippen LogP contribution in [0, 0.1) is 0 Å². The molecule has 0 bridgehead atoms. The van der Waals surface area contributed by atoms with Gasteiger partial charge in [0.05, 0.1) is 17.7 Å². The van der Waals surface area contributed by atoms with Crippen LogP contribution in [0.1, 0.15) is 10.4 Å². The van der Waals surface area contributed by atoms with E-state index in [-0.39, 0.29) is 18.8 Å². The number of ether oxygens (including phenoxy) is 3. The van der Waals surface area contributed by atoms with Gasteiger partial charge in [0, 0.05) is 5.56 Å². The fourth-order valence-electron chi connectivity index (χ4n) is 1.93. The third-order valence-electron chi connectivity index (χ3n) is 2.98. The number of hydrogen-bond acceptors (Lipinski definition) is 5. The minimum absolute atomic E-state index is 0.154. The number of carbonyl (C=O) groups excluding carboxylic acids is 1. The van der Waals surface area contributed by atoms with Gasteiger partial charge in [-0.05, 0) is 28.1 Å². The maximum atomic E-state index is 12.3. The average molecular weight is 386 g/mol. The van der Waals surface area contributed by atoms with Crippen molar-refractivity contribution < 1.29 is 28.9 Å². The number of carboxylic acid groups (broad SMARTS) is 1. The second kappa shape index (κ2) is 7.98. The number of halogens is 1. The highest BCUT2D eigenvalue weighted by atomic mass is 79.9. The number of benzene rings is 1. The largest absolute Gasteiger partial charge is 0.486 e. The van der Waals surface area contributed by atoms with Crippen LogP contribution in [0.3, 0.4) is 0 Å². The van der Waals surface area contributed by atoms with Crippen molar-refractivity contribution >= 4 is 27.8 Å². The van der Waals surface area contributed by atoms with Gasteiger partial charge in [0.15, 0.2) is 17.5 Å². The number of fused-ring (bicyclic) bond motifs is 1. The number of hydrogen-bond donors (Lipinski definition) is 2. The molecule has 2 N–H and O–H groups in total. The predicted octanol–water partition coefficient (Wildman–Crippen LogP) is 1.61. The Morgan fingerprint density at radius 1 is 1.43 bits per heavy atom. The summed E-state index contributed by atoms with van der Waals surface area (Å²) in [5.41, 5.74) is 0.260. The lowest BCUT2D eigenvalue weighted by Gasteiger charge is -2.21. The van der Waals surface area contributed by atoms with E-state index < -0.39 is 17.9 Å². The van der Waals surface area contributed by atoms with Crippen molar-refractivity contribution in [2.45, 2.75) is 6.04 Å². The Bertz CT molecular complexity index is 618. The Kier molecular flexibility index (Phi) is 6.00. The van der Waals surface area contributed by atoms with E-state index in [2.05, 4.69) is 27.8 Å². The fourth-order valence-corrected chi connectivity index (χ4v) is 2.48. The van der Waals surface area contributed by atoms with Crippen LogP contribution in [-0.4, -0.2) is 49.5 Å². The van der Waals surface area contributed by atoms with Gasteiger partial charge in [-0.3, -0.25) is 4.79 Å². The molecule has 1 aliphatic heterocycles. The van der Waals surface area contributed by atoms with Gasteiger partial charge in [-0.25, -0.2) is 4.79 Å². The normalized spacial score (nSPS) is 14.0. The summed E-state index contributed by atoms with van der Waals surface area (Å²) in [5, 5.41) is 11.6. The molecule has 1 aliphatic rings. The van der Waals surface area contributed by atoms with E-state index in [1.54, 1.807) is 6.07 Å². The van der Waals surface area contributed by atoms with Crippen molar-refractivity contribution in [3.63, 3.8) is 0 Å². The summed E-state index contributed by atoms with van der Waals surface area (Å²) < 4.78 is 16.5. The molecule has 23 heavy (non-hydrogen) atoms. The molecule has 0 aromatic heterocycles. The molecule has 1 heterocycles. The van der Waals surface area contributed by atoms with Gasteiger partial charge in [0.25, 0.3) is 5.91 Å². The molecule has 1 aromatic carbocycles. The molecule has 1 amide bonds. The van der Waals surface area contributed by atoms with Gasteiger partial charge in [-0.15, -0.1) is 6.58 Å². The predicted molar refractivity (Wildman–Crippen MR) is 85.0 cm³/mol. The molecule has 0 saturated carbocycles. The van der Waals surface area contributed by atoms with Crippen LogP contribution in [0.5, 0.6) is 11.5 Å². The topological polar surface area (TPSA) is 94.1 Å². The lowest BCUT2D eigenvalue weighted by molar-refractivity contribution is -0.140. The van der Waals surface area contributed by atoms with E-state index in [0.29, 0.717) is 29.2 Å². The zero-order valence-corrected chi connectivity index (χ0v) is 13.8. The van der Waals surface area contributed by atoms with Crippen LogP contribution in [0.25, 0.3) is 0 Å². The first-order valence-corrected chi connectivity index (χ1v) is 7.63. The lowest BCUT2D eigenvalue weighted by atomic mass is 10.1. The molecule has 0 radical (unpaired) electrons. The Morgan fingerprint density at radius 2 is 2.17 bits per heavy atom. The summed E-state index contributed by atoms with van der Waals surface area (Å²) in [4.78, 5) is 23.4. The second-order valence-corrected chi connectivity index (χ2v) is 5.53. The molecular weight excluding hydrogens is 370 g/mol. The van der Waals surface area contributed by atoms with Crippen molar-refractivity contribution in [1.82, 2.24) is 5.32 Å². The molecule has 1 unspecified atom stereocenters. The number of carbonyl (C=O) groups is 2. The average Bonchev–Trinajstić information content (AvgIpc) is 2.53. The van der Waals surface area contributed by atoms with Gasteiger partial charge in [-0.2, -0.15) is 0 Å². The monoisotopic (exact) mass is 385 g/mol. The van der Waals surface area contributed by atoms with Gasteiger partial charge in [0.2, 0.25) is 0 Å². The van der Waals surface area contributed by atoms with E-state index in [0.717, 1.165) is 0 Å². The lowest BCUT2D eigenvalue weighted by Crippen LogP contribution is -2.44. The highest BCUT2D eigenvalue weighted by molar-refractivity contribution is 9.10. The van der Waals surface area contributed by atoms with E-state index in [1.807, 2.05) is 0 Å². The van der Waals surface area contributed by atoms with Crippen molar-refractivity contribution in [1.29, 1.82) is 0 Å². The molecular formula is C15H16BrNO6. The summed E-state index contributed by atoms with van der Waals surface area (Å²) in [6.07, 6.45) is 1.50. The molecule has 0 saturated heterocycles. The zero-order chi connectivity index (χ0) is 16.8. The number of amides is 1. The summed E-state index contributed by atoms with van der Waals surface area (Å²) >= 11 is 3.31. The first-order chi connectivity index (χ1) is 11.0. The Balaban J connectivity index is 2.11. The SMILES string of the molecule is C=CCOCC(NC(=O)c1cc(Br)c2c(c1)OCCO2)C(=O)O. The zero-order valence-electron chi connectivity index (χ0n) is 12.2. The minimum Gasteiger partial charge on any atom is -0.486 e. The van der Waals surface area contributed by atoms with Gasteiger partial charge >= 0.3 is 5.97 Å². The Labute approximate surface area is 141 Å². The van der Waals surface area contributed by atoms with Crippen molar-refractivity contribution in [3.05, 3.63) is 34.8 Å². The smallest absolute Gasteiger partial charge is 0.328 e. The van der Waals surface area contributed by atoms with Crippen LogP contribution < -0.4 is 14.8 Å². The number of aliphatic carboxylic acids is 1. The van der Waals surface area contributed by atoms with Crippen molar-refractivity contribution in [2.75, 3.05) is 26.4 Å². The molecule has 0 spiro atoms. The molecule has 1 atom stereocenters. The first kappa shape index (κ1) is 17.3. The first-order valence-electron chi connectivity index (χ1n) is 6.84. The van der Waals surface area contributed by atoms with E-state index in [1.165, 1.54) is 12.1 Å². The standard InChI is InChI=1S/C15H16BrNO6/c1-2-3-21-8-11(15(19)20)17-14(18)9-6-10(16)13-12(7-9)22-4-5-23-13/h2,6-7,11H,1,3-5,8H2,(H,17,18)(H,19,20). The van der Waals surface area contributed by atoms with Crippen LogP contribution in [0.15, 0.2) is 29.3 Å². The fraction of sp³-hybridized carbons (Fsp3) is 0.333. The second-order valence-electron chi connectivity index (χ2n) is 4.67. The summed E-state index contributed by atoms with van der Waals surface area (Å²) in [6, 6.07) is 1.90. The third kappa shape index (κ3) is 4.46. The van der Waals surface area contributed by atoms with E-state index >= 15 is 0 Å². The quantitative estimate of drug-likeness (QED) is 0.546. The summed E-state index contributed by atoms with van der Waals surface area (Å²) in [7, 11) is 0. The molecule has 7 nitrogen and oxygen atoms in total. The molecule has 0 aliphatic carbocycles. The summed E-state index contributed by atoms with van der Waals surface area (Å²) in [6.45, 7) is 4.34. The highest BCUT2D eigenvalue weighted by Crippen LogP contribution is 2.38. The Morgan fingerprint density at radius 3 is 2.87 bits per heavy atom. The highest BCUT2D eigenvalue weighted by Gasteiger charge is 2.23. The van der Waals surface area contributed by atoms with Crippen LogP contribution >= 0.6 is 15.9 Å². The van der Waals surface area contributed by atoms with Gasteiger partial charge in [0.1, 0.15) is 13.2 Å². The number of rotatable bonds is 7. The van der Waals surface area contributed by atoms with Gasteiger partial charge in [-0.1, -0.05) is 6.08 Å². The number of carboxylic acids is 1. The van der Waals surface area contributed by atoms with Crippen LogP contribution in [-0.2, 0) is 9.53 Å². The molecule has 8 heteroatoms. The van der Waals surface area contributed by atoms with Crippen LogP contribution in [0.4, 0.5) is 0 Å². The van der Waals surface area contributed by atoms with Gasteiger partial charge < -0.3 is 24.6 Å². The maximum absolute atomic E-state index is 12.3. The van der Waals surface area contributed by atoms with Crippen LogP contribution in [0.2, 0.25) is 0 Å².